The van der Waals surface area contributed by atoms with Gasteiger partial charge >= 0.3 is 0 Å². The molecule has 9 nitrogen and oxygen atoms in total. The Kier molecular flexibility index (Phi) is 6.50. The number of carbonyl (C=O) groups excluding carboxylic acids is 1. The number of amides is 1. The van der Waals surface area contributed by atoms with Gasteiger partial charge in [0, 0.05) is 25.8 Å². The van der Waals surface area contributed by atoms with Crippen molar-refractivity contribution in [3.63, 3.8) is 0 Å². The minimum atomic E-state index is -3.81. The summed E-state index contributed by atoms with van der Waals surface area (Å²) in [4.78, 5) is 25.9. The summed E-state index contributed by atoms with van der Waals surface area (Å²) in [5.41, 5.74) is 1.12. The van der Waals surface area contributed by atoms with E-state index in [0.29, 0.717) is 18.0 Å². The molecule has 1 atom stereocenters. The molecule has 1 fully saturated rings. The van der Waals surface area contributed by atoms with Gasteiger partial charge in [-0.2, -0.15) is 0 Å². The first kappa shape index (κ1) is 23.0. The first-order valence-electron chi connectivity index (χ1n) is 10.6. The number of sulfonamides is 1. The lowest BCUT2D eigenvalue weighted by atomic mass is 10.2. The molecule has 0 unspecified atom stereocenters. The number of benzene rings is 2. The van der Waals surface area contributed by atoms with Crippen molar-refractivity contribution in [2.75, 3.05) is 18.5 Å². The molecule has 1 saturated heterocycles. The Balaban J connectivity index is 1.56. The molecule has 1 aliphatic rings. The Labute approximate surface area is 192 Å². The highest BCUT2D eigenvalue weighted by Gasteiger charge is 2.22. The van der Waals surface area contributed by atoms with E-state index in [1.165, 1.54) is 28.9 Å². The molecule has 2 N–H and O–H groups in total. The minimum absolute atomic E-state index is 0.0281. The smallest absolute Gasteiger partial charge is 0.295 e. The van der Waals surface area contributed by atoms with E-state index in [1.54, 1.807) is 30.8 Å². The molecule has 33 heavy (non-hydrogen) atoms. The Hall–Kier alpha value is -3.21. The van der Waals surface area contributed by atoms with E-state index in [2.05, 4.69) is 10.0 Å². The third-order valence-corrected chi connectivity index (χ3v) is 7.15. The van der Waals surface area contributed by atoms with Crippen LogP contribution in [0, 0.1) is 6.92 Å². The van der Waals surface area contributed by atoms with Crippen molar-refractivity contribution in [2.24, 2.45) is 7.05 Å². The van der Waals surface area contributed by atoms with Crippen LogP contribution in [-0.2, 0) is 21.8 Å². The van der Waals surface area contributed by atoms with Gasteiger partial charge < -0.3 is 10.1 Å². The molecule has 1 aromatic heterocycles. The second-order valence-electron chi connectivity index (χ2n) is 7.91. The van der Waals surface area contributed by atoms with Crippen molar-refractivity contribution in [1.82, 2.24) is 14.1 Å². The molecule has 0 spiro atoms. The van der Waals surface area contributed by atoms with E-state index in [0.717, 1.165) is 12.8 Å². The fourth-order valence-corrected chi connectivity index (χ4v) is 4.91. The maximum atomic E-state index is 13.0. The third kappa shape index (κ3) is 4.77. The maximum absolute atomic E-state index is 13.0. The summed E-state index contributed by atoms with van der Waals surface area (Å²) in [7, 11) is -2.08. The molecule has 0 radical (unpaired) electrons. The number of nitrogens with one attached hydrogen (secondary N) is 2. The van der Waals surface area contributed by atoms with Crippen molar-refractivity contribution < 1.29 is 17.9 Å². The SMILES string of the molecule is Cc1c(NC(=O)c2cccc(S(=O)(=O)NC[C@@H]3CCCO3)c2)c(=O)n(-c2ccccc2)n1C. The molecule has 1 amide bonds. The second-order valence-corrected chi connectivity index (χ2v) is 9.67. The largest absolute Gasteiger partial charge is 0.377 e. The molecule has 3 aromatic rings. The number of hydrogen-bond donors (Lipinski definition) is 2. The van der Waals surface area contributed by atoms with Gasteiger partial charge in [-0.1, -0.05) is 24.3 Å². The van der Waals surface area contributed by atoms with Crippen LogP contribution in [0.25, 0.3) is 5.69 Å². The normalized spacial score (nSPS) is 16.1. The summed E-state index contributed by atoms with van der Waals surface area (Å²) in [6, 6.07) is 14.8. The monoisotopic (exact) mass is 470 g/mol. The van der Waals surface area contributed by atoms with Gasteiger partial charge in [0.05, 0.1) is 22.4 Å². The van der Waals surface area contributed by atoms with Gasteiger partial charge in [-0.15, -0.1) is 0 Å². The molecule has 0 bridgehead atoms. The highest BCUT2D eigenvalue weighted by molar-refractivity contribution is 7.89. The number of anilines is 1. The van der Waals surface area contributed by atoms with E-state index in [1.807, 2.05) is 18.2 Å². The van der Waals surface area contributed by atoms with Gasteiger partial charge in [-0.3, -0.25) is 14.3 Å². The third-order valence-electron chi connectivity index (χ3n) is 5.72. The van der Waals surface area contributed by atoms with E-state index < -0.39 is 15.9 Å². The lowest BCUT2D eigenvalue weighted by Crippen LogP contribution is -2.32. The number of aromatic nitrogens is 2. The summed E-state index contributed by atoms with van der Waals surface area (Å²) in [6.45, 7) is 2.54. The number of rotatable bonds is 7. The lowest BCUT2D eigenvalue weighted by Gasteiger charge is -2.12. The number of para-hydroxylation sites is 1. The lowest BCUT2D eigenvalue weighted by molar-refractivity contribution is 0.102. The molecule has 1 aliphatic heterocycles. The van der Waals surface area contributed by atoms with Gasteiger partial charge in [-0.05, 0) is 50.1 Å². The van der Waals surface area contributed by atoms with Crippen LogP contribution in [-0.4, -0.2) is 42.9 Å². The topological polar surface area (TPSA) is 111 Å². The number of nitrogens with zero attached hydrogens (tertiary/aromatic N) is 2. The van der Waals surface area contributed by atoms with Crippen molar-refractivity contribution >= 4 is 21.6 Å². The van der Waals surface area contributed by atoms with Gasteiger partial charge in [0.1, 0.15) is 5.69 Å². The van der Waals surface area contributed by atoms with Crippen LogP contribution in [0.4, 0.5) is 5.69 Å². The molecular weight excluding hydrogens is 444 g/mol. The molecule has 4 rings (SSSR count). The highest BCUT2D eigenvalue weighted by Crippen LogP contribution is 2.18. The predicted molar refractivity (Wildman–Crippen MR) is 124 cm³/mol. The van der Waals surface area contributed by atoms with Crippen LogP contribution in [0.15, 0.2) is 64.3 Å². The van der Waals surface area contributed by atoms with Crippen LogP contribution in [0.3, 0.4) is 0 Å². The molecule has 0 aliphatic carbocycles. The average molecular weight is 471 g/mol. The number of ether oxygens (including phenoxy) is 1. The van der Waals surface area contributed by atoms with Gasteiger partial charge in [0.15, 0.2) is 0 Å². The maximum Gasteiger partial charge on any atom is 0.295 e. The van der Waals surface area contributed by atoms with Crippen molar-refractivity contribution in [3.05, 3.63) is 76.2 Å². The average Bonchev–Trinajstić information content (AvgIpc) is 3.41. The summed E-state index contributed by atoms with van der Waals surface area (Å²) >= 11 is 0. The van der Waals surface area contributed by atoms with Gasteiger partial charge in [0.25, 0.3) is 11.5 Å². The minimum Gasteiger partial charge on any atom is -0.377 e. The fourth-order valence-electron chi connectivity index (χ4n) is 3.79. The Morgan fingerprint density at radius 2 is 1.91 bits per heavy atom. The molecule has 2 heterocycles. The van der Waals surface area contributed by atoms with Crippen LogP contribution in [0.5, 0.6) is 0 Å². The van der Waals surface area contributed by atoms with E-state index in [4.69, 9.17) is 4.74 Å². The summed E-state index contributed by atoms with van der Waals surface area (Å²) in [5.74, 6) is -0.572. The standard InChI is InChI=1S/C23H26N4O5S/c1-16-21(23(29)27(26(16)2)18-9-4-3-5-10-18)25-22(28)17-8-6-12-20(14-17)33(30,31)24-15-19-11-7-13-32-19/h3-6,8-10,12,14,19,24H,7,11,13,15H2,1-2H3,(H,25,28)/t19-/m0/s1. The Morgan fingerprint density at radius 1 is 1.15 bits per heavy atom. The number of carbonyl (C=O) groups is 1. The van der Waals surface area contributed by atoms with Crippen molar-refractivity contribution in [3.8, 4) is 5.69 Å². The van der Waals surface area contributed by atoms with Crippen LogP contribution < -0.4 is 15.6 Å². The zero-order valence-electron chi connectivity index (χ0n) is 18.4. The number of hydrogen-bond acceptors (Lipinski definition) is 5. The molecule has 10 heteroatoms. The van der Waals surface area contributed by atoms with Gasteiger partial charge in [-0.25, -0.2) is 17.8 Å². The quantitative estimate of drug-likeness (QED) is 0.550. The molecule has 0 saturated carbocycles. The van der Waals surface area contributed by atoms with Crippen molar-refractivity contribution in [2.45, 2.75) is 30.8 Å². The van der Waals surface area contributed by atoms with E-state index in [-0.39, 0.29) is 34.4 Å². The van der Waals surface area contributed by atoms with Gasteiger partial charge in [0.2, 0.25) is 10.0 Å². The highest BCUT2D eigenvalue weighted by atomic mass is 32.2. The molecular formula is C23H26N4O5S. The zero-order chi connectivity index (χ0) is 23.6. The first-order chi connectivity index (χ1) is 15.8. The van der Waals surface area contributed by atoms with E-state index in [9.17, 15) is 18.0 Å². The summed E-state index contributed by atoms with van der Waals surface area (Å²) in [5, 5.41) is 2.65. The van der Waals surface area contributed by atoms with Crippen molar-refractivity contribution in [1.29, 1.82) is 0 Å². The van der Waals surface area contributed by atoms with Crippen LogP contribution in [0.2, 0.25) is 0 Å². The zero-order valence-corrected chi connectivity index (χ0v) is 19.3. The first-order valence-corrected chi connectivity index (χ1v) is 12.1. The Bertz CT molecular complexity index is 1320. The summed E-state index contributed by atoms with van der Waals surface area (Å²) in [6.07, 6.45) is 1.58. The second kappa shape index (κ2) is 9.34. The fraction of sp³-hybridized carbons (Fsp3) is 0.304. The predicted octanol–water partition coefficient (Wildman–Crippen LogP) is 2.19. The molecule has 2 aromatic carbocycles. The van der Waals surface area contributed by atoms with Crippen LogP contribution in [0.1, 0.15) is 28.9 Å². The summed E-state index contributed by atoms with van der Waals surface area (Å²) < 4.78 is 36.5. The van der Waals surface area contributed by atoms with E-state index >= 15 is 0 Å². The molecule has 174 valence electrons. The van der Waals surface area contributed by atoms with Crippen LogP contribution >= 0.6 is 0 Å². The Morgan fingerprint density at radius 3 is 2.61 bits per heavy atom.